The van der Waals surface area contributed by atoms with Gasteiger partial charge in [0.1, 0.15) is 29.2 Å². The Morgan fingerprint density at radius 3 is 1.43 bits per heavy atom. The Morgan fingerprint density at radius 2 is 0.975 bits per heavy atom. The van der Waals surface area contributed by atoms with Gasteiger partial charge in [-0.1, -0.05) is 0 Å². The first-order chi connectivity index (χ1) is 18.8. The van der Waals surface area contributed by atoms with Crippen LogP contribution in [0.25, 0.3) is 0 Å². The van der Waals surface area contributed by atoms with Crippen LogP contribution >= 0.6 is 0 Å². The summed E-state index contributed by atoms with van der Waals surface area (Å²) >= 11 is 0. The molecule has 0 aromatic carbocycles. The van der Waals surface area contributed by atoms with Gasteiger partial charge in [0, 0.05) is 38.3 Å². The lowest BCUT2D eigenvalue weighted by Crippen LogP contribution is -2.54. The summed E-state index contributed by atoms with van der Waals surface area (Å²) in [6, 6.07) is -2.59. The molecule has 0 heterocycles. The normalized spacial score (nSPS) is 13.8. The van der Waals surface area contributed by atoms with Crippen LogP contribution in [0.4, 0.5) is 0 Å². The minimum atomic E-state index is -0.980. The molecule has 0 bridgehead atoms. The fraction of sp³-hybridized carbons (Fsp3) is 0.750. The van der Waals surface area contributed by atoms with E-state index in [2.05, 4.69) is 26.6 Å². The number of hydrogen-bond acceptors (Lipinski definition) is 9. The van der Waals surface area contributed by atoms with Gasteiger partial charge in [0.05, 0.1) is 12.1 Å². The third-order valence-electron chi connectivity index (χ3n) is 6.48. The second-order valence-electron chi connectivity index (χ2n) is 10.4. The van der Waals surface area contributed by atoms with Crippen LogP contribution in [0.3, 0.4) is 0 Å². The van der Waals surface area contributed by atoms with E-state index in [-0.39, 0.29) is 61.1 Å². The number of amides is 3. The number of carbonyl (C=O) groups is 7. The first kappa shape index (κ1) is 37.0. The second-order valence-corrected chi connectivity index (χ2v) is 10.4. The Labute approximate surface area is 237 Å². The van der Waals surface area contributed by atoms with Gasteiger partial charge in [0.15, 0.2) is 0 Å². The van der Waals surface area contributed by atoms with Crippen LogP contribution in [0.2, 0.25) is 0 Å². The SMILES string of the molecule is CNC(CCC(C)=O)C(=O)NCCCCC(CC(C)=O)NC(=O)C(CCC(C)=O)NC(=O)C(CCC(C)=O)NC. The van der Waals surface area contributed by atoms with Gasteiger partial charge in [-0.05, 0) is 80.3 Å². The molecule has 0 radical (unpaired) electrons. The van der Waals surface area contributed by atoms with Crippen LogP contribution in [-0.4, -0.2) is 85.7 Å². The van der Waals surface area contributed by atoms with E-state index in [0.717, 1.165) is 0 Å². The van der Waals surface area contributed by atoms with Crippen molar-refractivity contribution in [1.82, 2.24) is 26.6 Å². The molecule has 12 nitrogen and oxygen atoms in total. The minimum absolute atomic E-state index is 0.0181. The predicted octanol–water partition coefficient (Wildman–Crippen LogP) is 0.505. The molecule has 0 spiro atoms. The third kappa shape index (κ3) is 17.6. The lowest BCUT2D eigenvalue weighted by atomic mass is 10.0. The molecule has 0 saturated carbocycles. The highest BCUT2D eigenvalue weighted by Crippen LogP contribution is 2.09. The molecule has 0 saturated heterocycles. The van der Waals surface area contributed by atoms with Gasteiger partial charge in [-0.2, -0.15) is 0 Å². The van der Waals surface area contributed by atoms with Gasteiger partial charge >= 0.3 is 0 Å². The second kappa shape index (κ2) is 20.8. The fourth-order valence-electron chi connectivity index (χ4n) is 4.12. The van der Waals surface area contributed by atoms with Gasteiger partial charge < -0.3 is 41.0 Å². The zero-order valence-electron chi connectivity index (χ0n) is 24.9. The average molecular weight is 568 g/mol. The lowest BCUT2D eigenvalue weighted by Gasteiger charge is -2.25. The van der Waals surface area contributed by atoms with Crippen LogP contribution in [-0.2, 0) is 33.6 Å². The molecule has 40 heavy (non-hydrogen) atoms. The molecule has 0 aromatic heterocycles. The van der Waals surface area contributed by atoms with E-state index in [0.29, 0.717) is 38.6 Å². The molecule has 3 amide bonds. The smallest absolute Gasteiger partial charge is 0.242 e. The molecular formula is C28H49N5O7. The molecule has 4 atom stereocenters. The molecule has 12 heteroatoms. The quantitative estimate of drug-likeness (QED) is 0.110. The van der Waals surface area contributed by atoms with Crippen molar-refractivity contribution in [2.24, 2.45) is 0 Å². The molecule has 5 N–H and O–H groups in total. The number of hydrogen-bond donors (Lipinski definition) is 5. The molecule has 0 rings (SSSR count). The van der Waals surface area contributed by atoms with Gasteiger partial charge in [-0.3, -0.25) is 19.2 Å². The Morgan fingerprint density at radius 1 is 0.525 bits per heavy atom. The predicted molar refractivity (Wildman–Crippen MR) is 151 cm³/mol. The number of likely N-dealkylation sites (N-methyl/N-ethyl adjacent to an activating group) is 2. The maximum absolute atomic E-state index is 13.1. The average Bonchev–Trinajstić information content (AvgIpc) is 2.85. The zero-order valence-corrected chi connectivity index (χ0v) is 24.9. The van der Waals surface area contributed by atoms with E-state index in [1.807, 2.05) is 0 Å². The first-order valence-electron chi connectivity index (χ1n) is 14.0. The van der Waals surface area contributed by atoms with Crippen molar-refractivity contribution in [3.63, 3.8) is 0 Å². The van der Waals surface area contributed by atoms with Crippen molar-refractivity contribution >= 4 is 40.9 Å². The van der Waals surface area contributed by atoms with Crippen molar-refractivity contribution in [3.05, 3.63) is 0 Å². The molecule has 0 fully saturated rings. The van der Waals surface area contributed by atoms with Gasteiger partial charge in [-0.25, -0.2) is 0 Å². The van der Waals surface area contributed by atoms with Gasteiger partial charge in [0.25, 0.3) is 0 Å². The topological polar surface area (TPSA) is 180 Å². The summed E-state index contributed by atoms with van der Waals surface area (Å²) in [6.45, 7) is 6.16. The summed E-state index contributed by atoms with van der Waals surface area (Å²) in [4.78, 5) is 84.2. The highest BCUT2D eigenvalue weighted by molar-refractivity contribution is 5.91. The van der Waals surface area contributed by atoms with E-state index in [4.69, 9.17) is 0 Å². The monoisotopic (exact) mass is 567 g/mol. The number of ketones is 4. The van der Waals surface area contributed by atoms with Crippen molar-refractivity contribution in [2.75, 3.05) is 20.6 Å². The van der Waals surface area contributed by atoms with Crippen molar-refractivity contribution in [1.29, 1.82) is 0 Å². The standard InChI is InChI=1S/C28H49N5O7/c1-18(34)10-13-23(29-5)26(38)31-16-8-7-9-22(17-21(4)37)32-28(40)25(15-12-20(3)36)33-27(39)24(30-6)14-11-19(2)35/h22-25,29-30H,7-17H2,1-6H3,(H,31,38)(H,32,40)(H,33,39). The zero-order chi connectivity index (χ0) is 30.7. The molecule has 0 aromatic rings. The number of rotatable bonds is 23. The molecule has 0 aliphatic heterocycles. The number of carbonyl (C=O) groups excluding carboxylic acids is 7. The van der Waals surface area contributed by atoms with E-state index < -0.39 is 36.0 Å². The van der Waals surface area contributed by atoms with Crippen LogP contribution in [0.15, 0.2) is 0 Å². The lowest BCUT2D eigenvalue weighted by molar-refractivity contribution is -0.131. The van der Waals surface area contributed by atoms with E-state index in [1.54, 1.807) is 14.1 Å². The molecule has 228 valence electrons. The third-order valence-corrected chi connectivity index (χ3v) is 6.48. The summed E-state index contributed by atoms with van der Waals surface area (Å²) in [6.07, 6.45) is 3.22. The number of unbranched alkanes of at least 4 members (excludes halogenated alkanes) is 1. The minimum Gasteiger partial charge on any atom is -0.355 e. The fourth-order valence-corrected chi connectivity index (χ4v) is 4.12. The first-order valence-corrected chi connectivity index (χ1v) is 14.0. The van der Waals surface area contributed by atoms with Crippen LogP contribution in [0, 0.1) is 0 Å². The van der Waals surface area contributed by atoms with Crippen molar-refractivity contribution in [3.8, 4) is 0 Å². The van der Waals surface area contributed by atoms with Crippen LogP contribution in [0.1, 0.15) is 91.9 Å². The Kier molecular flexibility index (Phi) is 19.3. The Bertz CT molecular complexity index is 877. The van der Waals surface area contributed by atoms with Gasteiger partial charge in [-0.15, -0.1) is 0 Å². The molecule has 4 unspecified atom stereocenters. The van der Waals surface area contributed by atoms with Crippen molar-refractivity contribution < 1.29 is 33.6 Å². The summed E-state index contributed by atoms with van der Waals surface area (Å²) in [5.74, 6) is -1.40. The molecular weight excluding hydrogens is 518 g/mol. The summed E-state index contributed by atoms with van der Waals surface area (Å²) in [7, 11) is 3.25. The van der Waals surface area contributed by atoms with E-state index in [1.165, 1.54) is 27.7 Å². The van der Waals surface area contributed by atoms with E-state index >= 15 is 0 Å². The maximum Gasteiger partial charge on any atom is 0.242 e. The maximum atomic E-state index is 13.1. The summed E-state index contributed by atoms with van der Waals surface area (Å²) in [5, 5.41) is 14.1. The van der Waals surface area contributed by atoms with Crippen molar-refractivity contribution in [2.45, 2.75) is 116 Å². The highest BCUT2D eigenvalue weighted by atomic mass is 16.2. The largest absolute Gasteiger partial charge is 0.355 e. The summed E-state index contributed by atoms with van der Waals surface area (Å²) < 4.78 is 0. The molecule has 0 aliphatic rings. The Hall–Kier alpha value is -2.99. The van der Waals surface area contributed by atoms with Gasteiger partial charge in [0.2, 0.25) is 17.7 Å². The van der Waals surface area contributed by atoms with Crippen LogP contribution < -0.4 is 26.6 Å². The molecule has 0 aliphatic carbocycles. The van der Waals surface area contributed by atoms with Crippen LogP contribution in [0.5, 0.6) is 0 Å². The summed E-state index contributed by atoms with van der Waals surface area (Å²) in [5.41, 5.74) is 0. The number of Topliss-reactive ketones (excluding diaryl/α,β-unsaturated/α-hetero) is 4. The number of nitrogens with one attached hydrogen (secondary N) is 5. The highest BCUT2D eigenvalue weighted by Gasteiger charge is 2.27. The van der Waals surface area contributed by atoms with E-state index in [9.17, 15) is 33.6 Å². The Balaban J connectivity index is 5.08.